The number of quaternary nitrogens is 1. The van der Waals surface area contributed by atoms with Gasteiger partial charge in [-0.15, -0.1) is 11.3 Å². The molecule has 0 unspecified atom stereocenters. The number of carbonyl (C=O) groups is 3. The Morgan fingerprint density at radius 1 is 1.38 bits per heavy atom. The van der Waals surface area contributed by atoms with Crippen LogP contribution >= 0.6 is 23.1 Å². The third-order valence-corrected chi connectivity index (χ3v) is 7.01. The summed E-state index contributed by atoms with van der Waals surface area (Å²) in [6, 6.07) is 3.69. The first-order chi connectivity index (χ1) is 12.5. The van der Waals surface area contributed by atoms with E-state index in [4.69, 9.17) is 4.74 Å². The molecule has 0 radical (unpaired) electrons. The second-order valence-corrected chi connectivity index (χ2v) is 8.60. The van der Waals surface area contributed by atoms with Crippen LogP contribution in [0, 0.1) is 11.8 Å². The van der Waals surface area contributed by atoms with Crippen molar-refractivity contribution in [2.75, 3.05) is 25.2 Å². The molecule has 0 aliphatic carbocycles. The van der Waals surface area contributed by atoms with Crippen LogP contribution in [-0.2, 0) is 19.1 Å². The van der Waals surface area contributed by atoms with Crippen molar-refractivity contribution in [1.82, 2.24) is 4.90 Å². The lowest BCUT2D eigenvalue weighted by atomic mass is 9.78. The predicted octanol–water partition coefficient (Wildman–Crippen LogP) is 1.04. The zero-order valence-electron chi connectivity index (χ0n) is 15.3. The van der Waals surface area contributed by atoms with Crippen LogP contribution in [0.4, 0.5) is 0 Å². The molecule has 3 rings (SSSR count). The first-order valence-corrected chi connectivity index (χ1v) is 11.2. The Morgan fingerprint density at radius 3 is 2.73 bits per heavy atom. The highest BCUT2D eigenvalue weighted by atomic mass is 32.2. The molecular formula is C18H25N2O4S2+. The van der Waals surface area contributed by atoms with E-state index in [2.05, 4.69) is 0 Å². The molecule has 142 valence electrons. The fraction of sp³-hybridized carbons (Fsp3) is 0.611. The highest BCUT2D eigenvalue weighted by Gasteiger charge is 2.72. The lowest BCUT2D eigenvalue weighted by Crippen LogP contribution is -2.98. The summed E-state index contributed by atoms with van der Waals surface area (Å²) in [5.41, 5.74) is -1.03. The normalized spacial score (nSPS) is 30.7. The van der Waals surface area contributed by atoms with Crippen molar-refractivity contribution in [3.63, 3.8) is 0 Å². The monoisotopic (exact) mass is 397 g/mol. The maximum Gasteiger partial charge on any atom is 0.368 e. The molecule has 3 heterocycles. The molecule has 2 fully saturated rings. The molecule has 2 aliphatic rings. The number of rotatable bonds is 7. The van der Waals surface area contributed by atoms with Crippen molar-refractivity contribution in [2.45, 2.75) is 31.8 Å². The van der Waals surface area contributed by atoms with Crippen LogP contribution in [0.1, 0.15) is 31.2 Å². The van der Waals surface area contributed by atoms with Crippen molar-refractivity contribution in [3.05, 3.63) is 22.4 Å². The van der Waals surface area contributed by atoms with Crippen molar-refractivity contribution < 1.29 is 24.4 Å². The Hall–Kier alpha value is -1.38. The van der Waals surface area contributed by atoms with E-state index in [1.54, 1.807) is 36.9 Å². The first kappa shape index (κ1) is 19.4. The van der Waals surface area contributed by atoms with Crippen molar-refractivity contribution in [2.24, 2.45) is 11.8 Å². The Bertz CT molecular complexity index is 693. The molecule has 26 heavy (non-hydrogen) atoms. The minimum atomic E-state index is -1.03. The number of carbonyl (C=O) groups excluding carboxylic acids is 3. The highest BCUT2D eigenvalue weighted by Crippen LogP contribution is 2.46. The van der Waals surface area contributed by atoms with Gasteiger partial charge in [0.1, 0.15) is 17.9 Å². The van der Waals surface area contributed by atoms with E-state index in [9.17, 15) is 14.4 Å². The quantitative estimate of drug-likeness (QED) is 0.549. The number of hydrogen-bond donors (Lipinski definition) is 1. The maximum atomic E-state index is 13.1. The molecule has 6 nitrogen and oxygen atoms in total. The second-order valence-electron chi connectivity index (χ2n) is 6.64. The van der Waals surface area contributed by atoms with Crippen molar-refractivity contribution in [3.8, 4) is 0 Å². The molecule has 2 aliphatic heterocycles. The van der Waals surface area contributed by atoms with Crippen LogP contribution in [0.15, 0.2) is 17.5 Å². The van der Waals surface area contributed by atoms with Gasteiger partial charge in [-0.25, -0.2) is 4.79 Å². The molecule has 8 heteroatoms. The molecule has 0 aromatic carbocycles. The summed E-state index contributed by atoms with van der Waals surface area (Å²) < 4.78 is 5.39. The first-order valence-electron chi connectivity index (χ1n) is 8.92. The topological polar surface area (TPSA) is 80.3 Å². The van der Waals surface area contributed by atoms with Crippen molar-refractivity contribution >= 4 is 40.9 Å². The average molecular weight is 398 g/mol. The van der Waals surface area contributed by atoms with Crippen LogP contribution in [-0.4, -0.2) is 53.4 Å². The van der Waals surface area contributed by atoms with Crippen molar-refractivity contribution in [1.29, 1.82) is 0 Å². The fourth-order valence-corrected chi connectivity index (χ4v) is 5.69. The van der Waals surface area contributed by atoms with Crippen LogP contribution in [0.25, 0.3) is 0 Å². The van der Waals surface area contributed by atoms with Gasteiger partial charge in [-0.2, -0.15) is 11.8 Å². The third-order valence-electron chi connectivity index (χ3n) is 5.42. The van der Waals surface area contributed by atoms with E-state index in [1.807, 2.05) is 29.1 Å². The summed E-state index contributed by atoms with van der Waals surface area (Å²) in [5.74, 6) is -1.20. The fourth-order valence-electron chi connectivity index (χ4n) is 4.31. The minimum absolute atomic E-state index is 0.160. The van der Waals surface area contributed by atoms with Gasteiger partial charge >= 0.3 is 5.97 Å². The van der Waals surface area contributed by atoms with Gasteiger partial charge < -0.3 is 10.1 Å². The molecule has 0 bridgehead atoms. The Morgan fingerprint density at radius 2 is 2.15 bits per heavy atom. The summed E-state index contributed by atoms with van der Waals surface area (Å²) in [4.78, 5) is 41.5. The zero-order valence-corrected chi connectivity index (χ0v) is 16.9. The lowest BCUT2D eigenvalue weighted by Gasteiger charge is -2.29. The van der Waals surface area contributed by atoms with Gasteiger partial charge in [0, 0.05) is 13.0 Å². The summed E-state index contributed by atoms with van der Waals surface area (Å²) in [6.07, 6.45) is 2.48. The lowest BCUT2D eigenvalue weighted by molar-refractivity contribution is -0.734. The molecule has 0 saturated carbocycles. The molecule has 2 N–H and O–H groups in total. The average Bonchev–Trinajstić information content (AvgIpc) is 3.31. The van der Waals surface area contributed by atoms with E-state index in [-0.39, 0.29) is 30.4 Å². The summed E-state index contributed by atoms with van der Waals surface area (Å²) in [6.45, 7) is 4.16. The second kappa shape index (κ2) is 7.70. The maximum absolute atomic E-state index is 13.1. The number of fused-ring (bicyclic) bond motifs is 1. The smallest absolute Gasteiger partial charge is 0.368 e. The number of nitrogens with two attached hydrogens (primary N) is 1. The van der Waals surface area contributed by atoms with E-state index in [0.29, 0.717) is 13.0 Å². The minimum Gasteiger partial charge on any atom is -0.461 e. The van der Waals surface area contributed by atoms with Crippen LogP contribution in [0.3, 0.4) is 0 Å². The SMILES string of the molecule is CCOC(=O)[C@]1(CCSC)[NH2+][C@H](c2cccs2)[C@H]2C(=O)N(CC)C(=O)[C@@H]21. The number of hydrogen-bond acceptors (Lipinski definition) is 6. The number of ether oxygens (including phenoxy) is 1. The van der Waals surface area contributed by atoms with Crippen LogP contribution in [0.5, 0.6) is 0 Å². The standard InChI is InChI=1S/C18H24N2O4S2/c1-4-20-15(21)12-13(16(20)22)18(8-10-25-3,17(23)24-5-2)19-14(12)11-7-6-9-26-11/h6-7,9,12-14,19H,4-5,8,10H2,1-3H3/p+1/t12-,13+,14+,18+/m0/s1. The third kappa shape index (κ3) is 2.88. The van der Waals surface area contributed by atoms with Gasteiger partial charge in [-0.3, -0.25) is 14.5 Å². The highest BCUT2D eigenvalue weighted by molar-refractivity contribution is 7.98. The van der Waals surface area contributed by atoms with E-state index in [1.165, 1.54) is 4.90 Å². The van der Waals surface area contributed by atoms with Gasteiger partial charge in [0.15, 0.2) is 0 Å². The molecule has 2 saturated heterocycles. The number of esters is 1. The molecule has 0 spiro atoms. The van der Waals surface area contributed by atoms with Gasteiger partial charge in [0.2, 0.25) is 17.4 Å². The summed E-state index contributed by atoms with van der Waals surface area (Å²) >= 11 is 3.19. The number of likely N-dealkylation sites (tertiary alicyclic amines) is 1. The van der Waals surface area contributed by atoms with E-state index >= 15 is 0 Å². The predicted molar refractivity (Wildman–Crippen MR) is 101 cm³/mol. The van der Waals surface area contributed by atoms with Crippen LogP contribution < -0.4 is 5.32 Å². The number of thioether (sulfide) groups is 1. The Labute approximate surface area is 161 Å². The molecule has 2 amide bonds. The molecule has 1 aromatic heterocycles. The van der Waals surface area contributed by atoms with E-state index in [0.717, 1.165) is 10.6 Å². The Balaban J connectivity index is 2.10. The number of amides is 2. The summed E-state index contributed by atoms with van der Waals surface area (Å²) in [7, 11) is 0. The van der Waals surface area contributed by atoms with Crippen LogP contribution in [0.2, 0.25) is 0 Å². The zero-order chi connectivity index (χ0) is 18.9. The molecular weight excluding hydrogens is 372 g/mol. The van der Waals surface area contributed by atoms with Gasteiger partial charge in [-0.1, -0.05) is 6.07 Å². The van der Waals surface area contributed by atoms with Gasteiger partial charge in [0.05, 0.1) is 11.5 Å². The Kier molecular flexibility index (Phi) is 5.74. The number of imide groups is 1. The summed E-state index contributed by atoms with van der Waals surface area (Å²) in [5, 5.41) is 3.91. The number of thiophene rings is 1. The number of nitrogens with zero attached hydrogens (tertiary/aromatic N) is 1. The molecule has 1 aromatic rings. The van der Waals surface area contributed by atoms with Gasteiger partial charge in [-0.05, 0) is 37.3 Å². The molecule has 4 atom stereocenters. The van der Waals surface area contributed by atoms with E-state index < -0.39 is 17.4 Å². The van der Waals surface area contributed by atoms with Gasteiger partial charge in [0.25, 0.3) is 0 Å². The largest absolute Gasteiger partial charge is 0.461 e.